The zero-order valence-corrected chi connectivity index (χ0v) is 13.4. The Bertz CT molecular complexity index is 821. The van der Waals surface area contributed by atoms with Crippen LogP contribution in [-0.2, 0) is 12.6 Å². The SMILES string of the molecule is Cn1cc(C(C)(O)CNC(=O)c2ccc(-n3ccnn3)cc2)cn1. The number of nitrogens with zero attached hydrogens (tertiary/aromatic N) is 5. The number of benzene rings is 1. The lowest BCUT2D eigenvalue weighted by molar-refractivity contribution is 0.0526. The molecule has 0 spiro atoms. The Hall–Kier alpha value is -3.00. The Morgan fingerprint density at radius 1 is 1.33 bits per heavy atom. The molecule has 2 N–H and O–H groups in total. The van der Waals surface area contributed by atoms with E-state index in [1.165, 1.54) is 0 Å². The molecule has 24 heavy (non-hydrogen) atoms. The van der Waals surface area contributed by atoms with Gasteiger partial charge in [-0.25, -0.2) is 4.68 Å². The lowest BCUT2D eigenvalue weighted by Crippen LogP contribution is -2.38. The van der Waals surface area contributed by atoms with Crippen molar-refractivity contribution in [1.82, 2.24) is 30.1 Å². The molecule has 3 aromatic rings. The number of hydrogen-bond acceptors (Lipinski definition) is 5. The molecule has 8 heteroatoms. The number of carbonyl (C=O) groups is 1. The summed E-state index contributed by atoms with van der Waals surface area (Å²) in [7, 11) is 1.77. The summed E-state index contributed by atoms with van der Waals surface area (Å²) in [6.45, 7) is 1.72. The predicted octanol–water partition coefficient (Wildman–Crippen LogP) is 0.638. The molecule has 0 bridgehead atoms. The maximum Gasteiger partial charge on any atom is 0.251 e. The van der Waals surface area contributed by atoms with Gasteiger partial charge in [0.1, 0.15) is 5.60 Å². The van der Waals surface area contributed by atoms with Crippen molar-refractivity contribution >= 4 is 5.91 Å². The molecule has 2 heterocycles. The second-order valence-electron chi connectivity index (χ2n) is 5.75. The molecule has 124 valence electrons. The predicted molar refractivity (Wildman–Crippen MR) is 86.5 cm³/mol. The van der Waals surface area contributed by atoms with E-state index in [0.717, 1.165) is 5.69 Å². The molecule has 0 saturated carbocycles. The van der Waals surface area contributed by atoms with Crippen molar-refractivity contribution in [3.8, 4) is 5.69 Å². The van der Waals surface area contributed by atoms with Crippen LogP contribution in [-0.4, -0.2) is 42.3 Å². The number of aryl methyl sites for hydroxylation is 1. The maximum absolute atomic E-state index is 12.2. The van der Waals surface area contributed by atoms with Crippen LogP contribution in [0.4, 0.5) is 0 Å². The van der Waals surface area contributed by atoms with Crippen molar-refractivity contribution < 1.29 is 9.90 Å². The van der Waals surface area contributed by atoms with Crippen molar-refractivity contribution in [3.05, 3.63) is 60.2 Å². The number of aromatic nitrogens is 5. The molecular formula is C16H18N6O2. The third-order valence-electron chi connectivity index (χ3n) is 3.74. The highest BCUT2D eigenvalue weighted by Gasteiger charge is 2.25. The van der Waals surface area contributed by atoms with Crippen LogP contribution in [0, 0.1) is 0 Å². The normalized spacial score (nSPS) is 13.5. The van der Waals surface area contributed by atoms with E-state index in [9.17, 15) is 9.90 Å². The number of amides is 1. The first-order valence-corrected chi connectivity index (χ1v) is 7.42. The highest BCUT2D eigenvalue weighted by molar-refractivity contribution is 5.94. The number of rotatable bonds is 5. The van der Waals surface area contributed by atoms with Gasteiger partial charge >= 0.3 is 0 Å². The van der Waals surface area contributed by atoms with Gasteiger partial charge in [-0.1, -0.05) is 5.21 Å². The molecule has 0 aliphatic carbocycles. The van der Waals surface area contributed by atoms with Crippen LogP contribution in [0.5, 0.6) is 0 Å². The fraction of sp³-hybridized carbons (Fsp3) is 0.250. The summed E-state index contributed by atoms with van der Waals surface area (Å²) in [6, 6.07) is 6.96. The van der Waals surface area contributed by atoms with Gasteiger partial charge in [0.15, 0.2) is 0 Å². The van der Waals surface area contributed by atoms with Gasteiger partial charge in [0, 0.05) is 24.4 Å². The monoisotopic (exact) mass is 326 g/mol. The third kappa shape index (κ3) is 3.33. The highest BCUT2D eigenvalue weighted by atomic mass is 16.3. The average Bonchev–Trinajstić information content (AvgIpc) is 3.24. The second-order valence-corrected chi connectivity index (χ2v) is 5.75. The van der Waals surface area contributed by atoms with Gasteiger partial charge in [0.2, 0.25) is 0 Å². The zero-order chi connectivity index (χ0) is 17.2. The minimum atomic E-state index is -1.19. The van der Waals surface area contributed by atoms with Crippen LogP contribution >= 0.6 is 0 Å². The van der Waals surface area contributed by atoms with Crippen molar-refractivity contribution in [2.75, 3.05) is 6.54 Å². The van der Waals surface area contributed by atoms with E-state index in [1.807, 2.05) is 0 Å². The number of hydrogen-bond donors (Lipinski definition) is 2. The van der Waals surface area contributed by atoms with Gasteiger partial charge in [-0.3, -0.25) is 9.48 Å². The standard InChI is InChI=1S/C16H18N6O2/c1-16(24,13-9-19-21(2)10-13)11-17-15(23)12-3-5-14(6-4-12)22-8-7-18-20-22/h3-10,24H,11H2,1-2H3,(H,17,23). The molecule has 1 unspecified atom stereocenters. The second kappa shape index (κ2) is 6.25. The zero-order valence-electron chi connectivity index (χ0n) is 13.4. The fourth-order valence-corrected chi connectivity index (χ4v) is 2.27. The van der Waals surface area contributed by atoms with Crippen LogP contribution in [0.15, 0.2) is 49.1 Å². The molecule has 0 radical (unpaired) electrons. The molecule has 0 aliphatic heterocycles. The molecule has 1 amide bonds. The van der Waals surface area contributed by atoms with Gasteiger partial charge < -0.3 is 10.4 Å². The lowest BCUT2D eigenvalue weighted by atomic mass is 9.99. The molecule has 0 aliphatic rings. The average molecular weight is 326 g/mol. The smallest absolute Gasteiger partial charge is 0.251 e. The van der Waals surface area contributed by atoms with Gasteiger partial charge in [0.05, 0.1) is 30.8 Å². The van der Waals surface area contributed by atoms with E-state index in [1.54, 1.807) is 72.4 Å². The Morgan fingerprint density at radius 2 is 2.08 bits per heavy atom. The first-order chi connectivity index (χ1) is 11.5. The minimum Gasteiger partial charge on any atom is -0.383 e. The summed E-state index contributed by atoms with van der Waals surface area (Å²) in [5.74, 6) is -0.260. The Balaban J connectivity index is 1.64. The summed E-state index contributed by atoms with van der Waals surface area (Å²) < 4.78 is 3.21. The van der Waals surface area contributed by atoms with E-state index in [0.29, 0.717) is 11.1 Å². The first-order valence-electron chi connectivity index (χ1n) is 7.42. The summed E-state index contributed by atoms with van der Waals surface area (Å²) in [6.07, 6.45) is 6.61. The van der Waals surface area contributed by atoms with Gasteiger partial charge in [-0.05, 0) is 31.2 Å². The Labute approximate surface area is 138 Å². The van der Waals surface area contributed by atoms with Crippen LogP contribution in [0.25, 0.3) is 5.69 Å². The van der Waals surface area contributed by atoms with Gasteiger partial charge in [-0.2, -0.15) is 5.10 Å². The quantitative estimate of drug-likeness (QED) is 0.717. The third-order valence-corrected chi connectivity index (χ3v) is 3.74. The van der Waals surface area contributed by atoms with Crippen molar-refractivity contribution in [2.24, 2.45) is 7.05 Å². The molecule has 3 rings (SSSR count). The molecule has 1 aromatic carbocycles. The van der Waals surface area contributed by atoms with E-state index in [4.69, 9.17) is 0 Å². The number of carbonyl (C=O) groups excluding carboxylic acids is 1. The molecule has 2 aromatic heterocycles. The Morgan fingerprint density at radius 3 is 2.67 bits per heavy atom. The fourth-order valence-electron chi connectivity index (χ4n) is 2.27. The minimum absolute atomic E-state index is 0.0857. The summed E-state index contributed by atoms with van der Waals surface area (Å²) in [5, 5.41) is 24.9. The van der Waals surface area contributed by atoms with E-state index >= 15 is 0 Å². The first kappa shape index (κ1) is 15.9. The molecule has 0 fully saturated rings. The number of nitrogens with one attached hydrogen (secondary N) is 1. The largest absolute Gasteiger partial charge is 0.383 e. The van der Waals surface area contributed by atoms with E-state index < -0.39 is 5.60 Å². The molecule has 0 saturated heterocycles. The van der Waals surface area contributed by atoms with Crippen LogP contribution < -0.4 is 5.32 Å². The highest BCUT2D eigenvalue weighted by Crippen LogP contribution is 2.18. The molecule has 1 atom stereocenters. The summed E-state index contributed by atoms with van der Waals surface area (Å²) in [5.41, 5.74) is 0.768. The van der Waals surface area contributed by atoms with E-state index in [-0.39, 0.29) is 12.5 Å². The van der Waals surface area contributed by atoms with E-state index in [2.05, 4.69) is 20.7 Å². The van der Waals surface area contributed by atoms with Crippen LogP contribution in [0.1, 0.15) is 22.8 Å². The van der Waals surface area contributed by atoms with Crippen LogP contribution in [0.2, 0.25) is 0 Å². The maximum atomic E-state index is 12.2. The van der Waals surface area contributed by atoms with Crippen molar-refractivity contribution in [1.29, 1.82) is 0 Å². The Kier molecular flexibility index (Phi) is 4.13. The summed E-state index contributed by atoms with van der Waals surface area (Å²) in [4.78, 5) is 12.2. The summed E-state index contributed by atoms with van der Waals surface area (Å²) >= 11 is 0. The number of aliphatic hydroxyl groups is 1. The lowest BCUT2D eigenvalue weighted by Gasteiger charge is -2.22. The van der Waals surface area contributed by atoms with Crippen molar-refractivity contribution in [3.63, 3.8) is 0 Å². The molecule has 8 nitrogen and oxygen atoms in total. The molecular weight excluding hydrogens is 308 g/mol. The van der Waals surface area contributed by atoms with Crippen molar-refractivity contribution in [2.45, 2.75) is 12.5 Å². The van der Waals surface area contributed by atoms with Gasteiger partial charge in [0.25, 0.3) is 5.91 Å². The van der Waals surface area contributed by atoms with Crippen LogP contribution in [0.3, 0.4) is 0 Å². The van der Waals surface area contributed by atoms with Gasteiger partial charge in [-0.15, -0.1) is 5.10 Å². The topological polar surface area (TPSA) is 97.9 Å².